The number of halogens is 8. The molecular formula is C28H22F8O. The molecule has 0 unspecified atom stereocenters. The van der Waals surface area contributed by atoms with Crippen LogP contribution < -0.4 is 4.74 Å². The predicted octanol–water partition coefficient (Wildman–Crippen LogP) is 9.03. The Morgan fingerprint density at radius 3 is 1.95 bits per heavy atom. The van der Waals surface area contributed by atoms with Crippen molar-refractivity contribution in [2.24, 2.45) is 0 Å². The molecule has 0 N–H and O–H groups in total. The van der Waals surface area contributed by atoms with E-state index in [1.807, 2.05) is 0 Å². The van der Waals surface area contributed by atoms with E-state index in [9.17, 15) is 13.2 Å². The number of hydrogen-bond donors (Lipinski definition) is 0. The third kappa shape index (κ3) is 4.38. The first kappa shape index (κ1) is 26.7. The minimum Gasteiger partial charge on any atom is -0.426 e. The third-order valence-electron chi connectivity index (χ3n) is 6.33. The van der Waals surface area contributed by atoms with E-state index >= 15 is 22.0 Å². The first-order valence-corrected chi connectivity index (χ1v) is 11.5. The van der Waals surface area contributed by atoms with Crippen molar-refractivity contribution in [1.29, 1.82) is 0 Å². The van der Waals surface area contributed by atoms with Gasteiger partial charge >= 0.3 is 18.0 Å². The van der Waals surface area contributed by atoms with Gasteiger partial charge in [0.15, 0.2) is 11.6 Å². The summed E-state index contributed by atoms with van der Waals surface area (Å²) in [4.78, 5) is 0. The van der Waals surface area contributed by atoms with Crippen LogP contribution in [0.5, 0.6) is 5.75 Å². The lowest BCUT2D eigenvalue weighted by molar-refractivity contribution is -0.228. The summed E-state index contributed by atoms with van der Waals surface area (Å²) in [5, 5.41) is 0. The summed E-state index contributed by atoms with van der Waals surface area (Å²) in [5.41, 5.74) is -4.92. The maximum Gasteiger partial charge on any atom is 0.426 e. The average molecular weight is 526 g/mol. The normalized spacial score (nSPS) is 15.6. The zero-order chi connectivity index (χ0) is 27.2. The summed E-state index contributed by atoms with van der Waals surface area (Å²) in [6.45, 7) is 5.23. The van der Waals surface area contributed by atoms with Crippen LogP contribution in [0, 0.1) is 11.6 Å². The number of alkyl halides is 6. The van der Waals surface area contributed by atoms with Gasteiger partial charge in [-0.1, -0.05) is 43.7 Å². The van der Waals surface area contributed by atoms with Crippen LogP contribution in [0.4, 0.5) is 35.1 Å². The molecule has 1 nitrogen and oxygen atoms in total. The largest absolute Gasteiger partial charge is 0.426 e. The first-order chi connectivity index (χ1) is 17.4. The SMILES string of the molecule is C=CCCc1ccc(C(F)(F)Oc2ccc3c(c2F)C(F)(F)C(F)(F)c2c-3ccc(CCC)c2F)cc1. The van der Waals surface area contributed by atoms with Crippen LogP contribution in [-0.4, -0.2) is 0 Å². The fourth-order valence-corrected chi connectivity index (χ4v) is 4.43. The topological polar surface area (TPSA) is 9.23 Å². The number of rotatable bonds is 8. The van der Waals surface area contributed by atoms with E-state index in [1.54, 1.807) is 13.0 Å². The highest BCUT2D eigenvalue weighted by Gasteiger charge is 2.65. The molecular weight excluding hydrogens is 504 g/mol. The van der Waals surface area contributed by atoms with Crippen molar-refractivity contribution in [2.45, 2.75) is 50.6 Å². The van der Waals surface area contributed by atoms with Gasteiger partial charge in [0.25, 0.3) is 0 Å². The van der Waals surface area contributed by atoms with Gasteiger partial charge < -0.3 is 4.74 Å². The molecule has 0 fully saturated rings. The van der Waals surface area contributed by atoms with Crippen LogP contribution in [-0.2, 0) is 30.8 Å². The minimum atomic E-state index is -5.24. The molecule has 4 rings (SSSR count). The Morgan fingerprint density at radius 1 is 0.811 bits per heavy atom. The van der Waals surface area contributed by atoms with Crippen LogP contribution in [0.3, 0.4) is 0 Å². The summed E-state index contributed by atoms with van der Waals surface area (Å²) < 4.78 is 124. The minimum absolute atomic E-state index is 0.0269. The van der Waals surface area contributed by atoms with E-state index in [0.717, 1.165) is 30.3 Å². The van der Waals surface area contributed by atoms with Crippen LogP contribution in [0.15, 0.2) is 61.2 Å². The highest BCUT2D eigenvalue weighted by molar-refractivity contribution is 5.77. The lowest BCUT2D eigenvalue weighted by Crippen LogP contribution is -2.41. The second-order valence-corrected chi connectivity index (χ2v) is 8.80. The van der Waals surface area contributed by atoms with E-state index in [0.29, 0.717) is 30.9 Å². The summed E-state index contributed by atoms with van der Waals surface area (Å²) in [6.07, 6.45) is -0.966. The van der Waals surface area contributed by atoms with Crippen LogP contribution >= 0.6 is 0 Å². The molecule has 1 aliphatic carbocycles. The molecule has 0 saturated heterocycles. The quantitative estimate of drug-likeness (QED) is 0.210. The Labute approximate surface area is 208 Å². The Balaban J connectivity index is 1.78. The average Bonchev–Trinajstić information content (AvgIpc) is 2.84. The molecule has 0 bridgehead atoms. The number of ether oxygens (including phenoxy) is 1. The van der Waals surface area contributed by atoms with Crippen molar-refractivity contribution < 1.29 is 39.9 Å². The fourth-order valence-electron chi connectivity index (χ4n) is 4.43. The maximum atomic E-state index is 15.3. The zero-order valence-electron chi connectivity index (χ0n) is 19.7. The van der Waals surface area contributed by atoms with Crippen LogP contribution in [0.2, 0.25) is 0 Å². The van der Waals surface area contributed by atoms with E-state index in [1.165, 1.54) is 12.1 Å². The number of aryl methyl sites for hydroxylation is 2. The summed E-state index contributed by atoms with van der Waals surface area (Å²) in [5.74, 6) is -15.3. The van der Waals surface area contributed by atoms with Gasteiger partial charge in [-0.15, -0.1) is 6.58 Å². The number of hydrogen-bond acceptors (Lipinski definition) is 1. The molecule has 0 spiro atoms. The predicted molar refractivity (Wildman–Crippen MR) is 123 cm³/mol. The molecule has 0 heterocycles. The van der Waals surface area contributed by atoms with Crippen molar-refractivity contribution >= 4 is 0 Å². The van der Waals surface area contributed by atoms with E-state index in [2.05, 4.69) is 11.3 Å². The van der Waals surface area contributed by atoms with Crippen molar-refractivity contribution in [3.05, 3.63) is 101 Å². The van der Waals surface area contributed by atoms with Crippen LogP contribution in [0.25, 0.3) is 11.1 Å². The van der Waals surface area contributed by atoms with Gasteiger partial charge in [0.05, 0.1) is 16.7 Å². The van der Waals surface area contributed by atoms with Crippen molar-refractivity contribution in [3.63, 3.8) is 0 Å². The van der Waals surface area contributed by atoms with E-state index < -0.39 is 63.2 Å². The molecule has 37 heavy (non-hydrogen) atoms. The lowest BCUT2D eigenvalue weighted by Gasteiger charge is -2.36. The molecule has 9 heteroatoms. The number of benzene rings is 3. The molecule has 0 saturated carbocycles. The van der Waals surface area contributed by atoms with Crippen molar-refractivity contribution in [2.75, 3.05) is 0 Å². The zero-order valence-corrected chi connectivity index (χ0v) is 19.7. The Morgan fingerprint density at radius 2 is 1.38 bits per heavy atom. The van der Waals surface area contributed by atoms with E-state index in [-0.39, 0.29) is 12.0 Å². The molecule has 196 valence electrons. The maximum absolute atomic E-state index is 15.3. The summed E-state index contributed by atoms with van der Waals surface area (Å²) in [7, 11) is 0. The Hall–Kier alpha value is -3.36. The molecule has 0 atom stereocenters. The smallest absolute Gasteiger partial charge is 0.426 e. The van der Waals surface area contributed by atoms with Gasteiger partial charge in [-0.2, -0.15) is 26.3 Å². The molecule has 1 aliphatic rings. The molecule has 0 aromatic heterocycles. The summed E-state index contributed by atoms with van der Waals surface area (Å²) in [6, 6.07) is 8.42. The second-order valence-electron chi connectivity index (χ2n) is 8.80. The van der Waals surface area contributed by atoms with E-state index in [4.69, 9.17) is 0 Å². The molecule has 3 aromatic carbocycles. The molecule has 0 aliphatic heterocycles. The molecule has 3 aromatic rings. The first-order valence-electron chi connectivity index (χ1n) is 11.5. The second kappa shape index (κ2) is 9.50. The Kier molecular flexibility index (Phi) is 6.86. The van der Waals surface area contributed by atoms with Crippen molar-refractivity contribution in [1.82, 2.24) is 0 Å². The van der Waals surface area contributed by atoms with Gasteiger partial charge in [-0.25, -0.2) is 8.78 Å². The van der Waals surface area contributed by atoms with Crippen molar-refractivity contribution in [3.8, 4) is 16.9 Å². The van der Waals surface area contributed by atoms with Gasteiger partial charge in [0, 0.05) is 0 Å². The standard InChI is InChI=1S/C28H22F8O/c1-3-5-7-16-8-11-18(12-9-16)28(35,36)37-21-15-14-20-19-13-10-17(6-4-2)24(29)22(19)26(31,32)27(33,34)23(20)25(21)30/h3,8-15H,1,4-7H2,2H3. The molecule has 0 amide bonds. The van der Waals surface area contributed by atoms with Gasteiger partial charge in [0.1, 0.15) is 5.82 Å². The fraction of sp³-hybridized carbons (Fsp3) is 0.286. The number of fused-ring (bicyclic) bond motifs is 3. The molecule has 0 radical (unpaired) electrons. The Bertz CT molecular complexity index is 1330. The van der Waals surface area contributed by atoms with Crippen LogP contribution in [0.1, 0.15) is 47.6 Å². The van der Waals surface area contributed by atoms with Gasteiger partial charge in [-0.3, -0.25) is 0 Å². The monoisotopic (exact) mass is 526 g/mol. The highest BCUT2D eigenvalue weighted by atomic mass is 19.3. The lowest BCUT2D eigenvalue weighted by atomic mass is 9.79. The van der Waals surface area contributed by atoms with Gasteiger partial charge in [-0.05, 0) is 65.8 Å². The summed E-state index contributed by atoms with van der Waals surface area (Å²) >= 11 is 0. The number of allylic oxidation sites excluding steroid dienone is 1. The highest BCUT2D eigenvalue weighted by Crippen LogP contribution is 2.60. The third-order valence-corrected chi connectivity index (χ3v) is 6.33. The van der Waals surface area contributed by atoms with Gasteiger partial charge in [0.2, 0.25) is 0 Å².